The minimum Gasteiger partial charge on any atom is -0.497 e. The highest BCUT2D eigenvalue weighted by molar-refractivity contribution is 8.23. The van der Waals surface area contributed by atoms with Gasteiger partial charge in [-0.2, -0.15) is 0 Å². The minimum absolute atomic E-state index is 0.0297. The van der Waals surface area contributed by atoms with Crippen LogP contribution in [0.25, 0.3) is 0 Å². The fourth-order valence-electron chi connectivity index (χ4n) is 1.84. The summed E-state index contributed by atoms with van der Waals surface area (Å²) in [6.45, 7) is 0. The number of likely N-dealkylation sites (tertiary alicyclic amines) is 1. The van der Waals surface area contributed by atoms with Crippen molar-refractivity contribution in [3.05, 3.63) is 24.3 Å². The average Bonchev–Trinajstić information content (AvgIpc) is 2.85. The monoisotopic (exact) mass is 338 g/mol. The Morgan fingerprint density at radius 3 is 2.41 bits per heavy atom. The Hall–Kier alpha value is -1.93. The smallest absolute Gasteiger partial charge is 0.235 e. The number of anilines is 1. The molecule has 0 saturated carbocycles. The molecule has 1 saturated heterocycles. The summed E-state index contributed by atoms with van der Waals surface area (Å²) in [5.74, 6) is -0.158. The second-order valence-corrected chi connectivity index (χ2v) is 6.06. The van der Waals surface area contributed by atoms with Crippen LogP contribution in [0.1, 0.15) is 12.8 Å². The molecule has 0 bridgehead atoms. The zero-order chi connectivity index (χ0) is 16.1. The third-order valence-corrected chi connectivity index (χ3v) is 4.31. The molecule has 1 fully saturated rings. The molecular formula is C14H14N2O4S2. The molecule has 0 unspecified atom stereocenters. The lowest BCUT2D eigenvalue weighted by Gasteiger charge is -2.13. The van der Waals surface area contributed by atoms with Gasteiger partial charge < -0.3 is 10.1 Å². The number of benzene rings is 1. The summed E-state index contributed by atoms with van der Waals surface area (Å²) in [6.07, 6.45) is 0.356. The molecule has 0 aliphatic carbocycles. The topological polar surface area (TPSA) is 75.7 Å². The summed E-state index contributed by atoms with van der Waals surface area (Å²) < 4.78 is 5.15. The van der Waals surface area contributed by atoms with Gasteiger partial charge in [0.15, 0.2) is 0 Å². The summed E-state index contributed by atoms with van der Waals surface area (Å²) in [5.41, 5.74) is 0.630. The molecule has 22 heavy (non-hydrogen) atoms. The van der Waals surface area contributed by atoms with Crippen molar-refractivity contribution in [1.82, 2.24) is 4.90 Å². The number of amides is 3. The van der Waals surface area contributed by atoms with Crippen LogP contribution in [0.2, 0.25) is 0 Å². The fourth-order valence-corrected chi connectivity index (χ4v) is 2.88. The van der Waals surface area contributed by atoms with E-state index in [0.29, 0.717) is 11.4 Å². The summed E-state index contributed by atoms with van der Waals surface area (Å²) in [4.78, 5) is 35.8. The molecule has 1 aromatic carbocycles. The summed E-state index contributed by atoms with van der Waals surface area (Å²) >= 11 is 6.03. The number of hydrogen-bond donors (Lipinski definition) is 1. The van der Waals surface area contributed by atoms with E-state index in [9.17, 15) is 14.4 Å². The van der Waals surface area contributed by atoms with Gasteiger partial charge >= 0.3 is 0 Å². The van der Waals surface area contributed by atoms with E-state index in [1.165, 1.54) is 0 Å². The first-order valence-electron chi connectivity index (χ1n) is 6.47. The number of nitrogens with one attached hydrogen (secondary N) is 1. The van der Waals surface area contributed by atoms with E-state index in [4.69, 9.17) is 17.0 Å². The van der Waals surface area contributed by atoms with Crippen LogP contribution in [-0.2, 0) is 14.4 Å². The number of rotatable bonds is 4. The third-order valence-electron chi connectivity index (χ3n) is 2.93. The Balaban J connectivity index is 1.83. The van der Waals surface area contributed by atoms with Gasteiger partial charge in [0.1, 0.15) is 10.1 Å². The second-order valence-electron chi connectivity index (χ2n) is 4.45. The first kappa shape index (κ1) is 16.4. The summed E-state index contributed by atoms with van der Waals surface area (Å²) in [6, 6.07) is 6.89. The largest absolute Gasteiger partial charge is 0.497 e. The highest BCUT2D eigenvalue weighted by atomic mass is 32.2. The molecular weight excluding hydrogens is 324 g/mol. The molecule has 6 nitrogen and oxygen atoms in total. The number of thiocarbonyl (C=S) groups is 1. The van der Waals surface area contributed by atoms with Crippen LogP contribution in [-0.4, -0.2) is 39.8 Å². The Kier molecular flexibility index (Phi) is 5.51. The van der Waals surface area contributed by atoms with Gasteiger partial charge in [0.2, 0.25) is 17.7 Å². The van der Waals surface area contributed by atoms with E-state index in [2.05, 4.69) is 5.32 Å². The van der Waals surface area contributed by atoms with Crippen LogP contribution in [0.4, 0.5) is 5.69 Å². The molecule has 0 spiro atoms. The number of thioether (sulfide) groups is 1. The van der Waals surface area contributed by atoms with E-state index >= 15 is 0 Å². The molecule has 1 aromatic rings. The van der Waals surface area contributed by atoms with Crippen LogP contribution in [0.5, 0.6) is 5.75 Å². The van der Waals surface area contributed by atoms with E-state index in [-0.39, 0.29) is 40.6 Å². The van der Waals surface area contributed by atoms with Gasteiger partial charge in [-0.1, -0.05) is 24.0 Å². The highest BCUT2D eigenvalue weighted by Gasteiger charge is 2.32. The molecule has 1 N–H and O–H groups in total. The van der Waals surface area contributed by atoms with Crippen molar-refractivity contribution >= 4 is 51.7 Å². The predicted octanol–water partition coefficient (Wildman–Crippen LogP) is 1.80. The van der Waals surface area contributed by atoms with Crippen LogP contribution in [0.3, 0.4) is 0 Å². The maximum absolute atomic E-state index is 11.8. The lowest BCUT2D eigenvalue weighted by molar-refractivity contribution is -0.133. The van der Waals surface area contributed by atoms with Crippen molar-refractivity contribution in [3.63, 3.8) is 0 Å². The number of carbonyl (C=O) groups is 3. The normalized spacial score (nSPS) is 14.1. The molecule has 0 aromatic heterocycles. The molecule has 116 valence electrons. The maximum atomic E-state index is 11.8. The number of hydrogen-bond acceptors (Lipinski definition) is 6. The van der Waals surface area contributed by atoms with E-state index < -0.39 is 0 Å². The van der Waals surface area contributed by atoms with E-state index in [1.807, 2.05) is 0 Å². The number of nitrogens with zero attached hydrogens (tertiary/aromatic N) is 1. The summed E-state index contributed by atoms with van der Waals surface area (Å²) in [7, 11) is 1.56. The summed E-state index contributed by atoms with van der Waals surface area (Å²) in [5, 5.41) is 2.70. The molecule has 3 amide bonds. The van der Waals surface area contributed by atoms with Gasteiger partial charge in [-0.05, 0) is 24.3 Å². The van der Waals surface area contributed by atoms with Gasteiger partial charge in [0.25, 0.3) is 0 Å². The molecule has 2 rings (SSSR count). The number of imide groups is 1. The van der Waals surface area contributed by atoms with Crippen LogP contribution in [0, 0.1) is 0 Å². The molecule has 0 radical (unpaired) electrons. The van der Waals surface area contributed by atoms with Gasteiger partial charge in [0, 0.05) is 18.5 Å². The van der Waals surface area contributed by atoms with Crippen LogP contribution < -0.4 is 10.1 Å². The predicted molar refractivity (Wildman–Crippen MR) is 87.8 cm³/mol. The Labute approximate surface area is 137 Å². The molecule has 0 atom stereocenters. The molecule has 8 heteroatoms. The second kappa shape index (κ2) is 7.37. The fraction of sp³-hybridized carbons (Fsp3) is 0.286. The lowest BCUT2D eigenvalue weighted by Crippen LogP contribution is -2.33. The highest BCUT2D eigenvalue weighted by Crippen LogP contribution is 2.19. The van der Waals surface area contributed by atoms with E-state index in [0.717, 1.165) is 16.7 Å². The number of methoxy groups -OCH3 is 1. The number of ether oxygens (including phenoxy) is 1. The quantitative estimate of drug-likeness (QED) is 0.666. The lowest BCUT2D eigenvalue weighted by atomic mass is 10.3. The van der Waals surface area contributed by atoms with Crippen molar-refractivity contribution < 1.29 is 19.1 Å². The Morgan fingerprint density at radius 1 is 1.27 bits per heavy atom. The zero-order valence-corrected chi connectivity index (χ0v) is 13.5. The van der Waals surface area contributed by atoms with Crippen molar-refractivity contribution in [2.75, 3.05) is 18.2 Å². The van der Waals surface area contributed by atoms with Crippen molar-refractivity contribution in [3.8, 4) is 5.75 Å². The molecule has 1 aliphatic rings. The van der Waals surface area contributed by atoms with E-state index in [1.54, 1.807) is 31.4 Å². The average molecular weight is 338 g/mol. The standard InChI is InChI=1S/C14H14N2O4S2/c1-20-10-4-2-9(3-5-10)15-11(17)8-22-14(21)16-12(18)6-7-13(16)19/h2-5H,6-8H2,1H3,(H,15,17). The van der Waals surface area contributed by atoms with Crippen molar-refractivity contribution in [2.24, 2.45) is 0 Å². The third kappa shape index (κ3) is 4.05. The van der Waals surface area contributed by atoms with Crippen molar-refractivity contribution in [2.45, 2.75) is 12.8 Å². The van der Waals surface area contributed by atoms with Gasteiger partial charge in [-0.3, -0.25) is 14.4 Å². The maximum Gasteiger partial charge on any atom is 0.235 e. The molecule has 1 aliphatic heterocycles. The first-order valence-corrected chi connectivity index (χ1v) is 7.87. The van der Waals surface area contributed by atoms with Crippen molar-refractivity contribution in [1.29, 1.82) is 0 Å². The van der Waals surface area contributed by atoms with Crippen LogP contribution >= 0.6 is 24.0 Å². The Morgan fingerprint density at radius 2 is 1.86 bits per heavy atom. The first-order chi connectivity index (χ1) is 10.5. The zero-order valence-electron chi connectivity index (χ0n) is 11.8. The molecule has 1 heterocycles. The minimum atomic E-state index is -0.307. The SMILES string of the molecule is COc1ccc(NC(=O)CSC(=S)N2C(=O)CCC2=O)cc1. The van der Waals surface area contributed by atoms with Gasteiger partial charge in [0.05, 0.1) is 12.9 Å². The Bertz CT molecular complexity index is 600. The van der Waals surface area contributed by atoms with Gasteiger partial charge in [-0.25, -0.2) is 4.90 Å². The van der Waals surface area contributed by atoms with Crippen LogP contribution in [0.15, 0.2) is 24.3 Å². The number of carbonyl (C=O) groups excluding carboxylic acids is 3. The van der Waals surface area contributed by atoms with Gasteiger partial charge in [-0.15, -0.1) is 0 Å².